The summed E-state index contributed by atoms with van der Waals surface area (Å²) in [4.78, 5) is 16.1. The van der Waals surface area contributed by atoms with Crippen LogP contribution in [0.2, 0.25) is 0 Å². The van der Waals surface area contributed by atoms with Crippen molar-refractivity contribution in [3.63, 3.8) is 0 Å². The number of rotatable bonds is 5. The normalized spacial score (nSPS) is 21.7. The van der Waals surface area contributed by atoms with Crippen LogP contribution in [-0.2, 0) is 11.8 Å². The average molecular weight is 345 g/mol. The van der Waals surface area contributed by atoms with E-state index in [0.717, 1.165) is 23.6 Å². The summed E-state index contributed by atoms with van der Waals surface area (Å²) < 4.78 is 27.0. The van der Waals surface area contributed by atoms with Gasteiger partial charge in [0.15, 0.2) is 0 Å². The molecule has 1 aromatic heterocycles. The maximum absolute atomic E-state index is 14.0. The predicted octanol–water partition coefficient (Wildman–Crippen LogP) is 3.24. The van der Waals surface area contributed by atoms with Crippen molar-refractivity contribution >= 4 is 6.03 Å². The number of hydrogen-bond acceptors (Lipinski definition) is 2. The quantitative estimate of drug-likeness (QED) is 0.874. The fourth-order valence-corrected chi connectivity index (χ4v) is 3.13. The molecule has 0 saturated heterocycles. The van der Waals surface area contributed by atoms with E-state index < -0.39 is 17.0 Å². The number of aryl methyl sites for hydroxylation is 1. The van der Waals surface area contributed by atoms with Gasteiger partial charge in [0.2, 0.25) is 0 Å². The standard InChI is InChI=1S/C19H21F2N3O/c1-12-11-22-7-5-13(12)6-8-23-18(25)24-17-10-19(17,2)15-4-3-14(20)9-16(15)21/h3-5,7,9,11,17H,6,8,10H2,1-2H3,(H2,23,24,25). The highest BCUT2D eigenvalue weighted by Gasteiger charge is 2.53. The van der Waals surface area contributed by atoms with Crippen LogP contribution < -0.4 is 10.6 Å². The fraction of sp³-hybridized carbons (Fsp3) is 0.368. The minimum atomic E-state index is -0.598. The van der Waals surface area contributed by atoms with Gasteiger partial charge in [0, 0.05) is 36.5 Å². The Balaban J connectivity index is 1.50. The highest BCUT2D eigenvalue weighted by atomic mass is 19.1. The van der Waals surface area contributed by atoms with E-state index in [9.17, 15) is 13.6 Å². The molecule has 0 bridgehead atoms. The van der Waals surface area contributed by atoms with E-state index in [1.54, 1.807) is 12.4 Å². The van der Waals surface area contributed by atoms with Gasteiger partial charge in [-0.25, -0.2) is 13.6 Å². The molecule has 1 heterocycles. The maximum atomic E-state index is 14.0. The zero-order chi connectivity index (χ0) is 18.0. The van der Waals surface area contributed by atoms with Crippen LogP contribution in [0.25, 0.3) is 0 Å². The first-order valence-corrected chi connectivity index (χ1v) is 8.29. The highest BCUT2D eigenvalue weighted by Crippen LogP contribution is 2.48. The van der Waals surface area contributed by atoms with E-state index in [1.165, 1.54) is 12.1 Å². The molecule has 25 heavy (non-hydrogen) atoms. The third-order valence-corrected chi connectivity index (χ3v) is 4.91. The third kappa shape index (κ3) is 3.78. The number of halogens is 2. The third-order valence-electron chi connectivity index (χ3n) is 4.91. The van der Waals surface area contributed by atoms with Gasteiger partial charge in [0.25, 0.3) is 0 Å². The fourth-order valence-electron chi connectivity index (χ4n) is 3.13. The summed E-state index contributed by atoms with van der Waals surface area (Å²) in [6.07, 6.45) is 4.88. The van der Waals surface area contributed by atoms with Crippen LogP contribution in [0.4, 0.5) is 13.6 Å². The molecule has 4 nitrogen and oxygen atoms in total. The van der Waals surface area contributed by atoms with Crippen molar-refractivity contribution < 1.29 is 13.6 Å². The molecule has 0 radical (unpaired) electrons. The molecule has 0 spiro atoms. The summed E-state index contributed by atoms with van der Waals surface area (Å²) >= 11 is 0. The number of benzene rings is 1. The van der Waals surface area contributed by atoms with Gasteiger partial charge in [0.1, 0.15) is 11.6 Å². The monoisotopic (exact) mass is 345 g/mol. The van der Waals surface area contributed by atoms with Crippen LogP contribution in [0.15, 0.2) is 36.7 Å². The molecule has 0 aliphatic heterocycles. The van der Waals surface area contributed by atoms with Gasteiger partial charge in [-0.1, -0.05) is 13.0 Å². The van der Waals surface area contributed by atoms with Gasteiger partial charge in [-0.3, -0.25) is 4.98 Å². The average Bonchev–Trinajstić information content (AvgIpc) is 3.19. The zero-order valence-corrected chi connectivity index (χ0v) is 14.3. The van der Waals surface area contributed by atoms with Gasteiger partial charge >= 0.3 is 6.03 Å². The van der Waals surface area contributed by atoms with Gasteiger partial charge in [-0.2, -0.15) is 0 Å². The zero-order valence-electron chi connectivity index (χ0n) is 14.3. The SMILES string of the molecule is Cc1cnccc1CCNC(=O)NC1CC1(C)c1ccc(F)cc1F. The number of carbonyl (C=O) groups excluding carboxylic acids is 1. The van der Waals surface area contributed by atoms with Crippen molar-refractivity contribution in [1.82, 2.24) is 15.6 Å². The van der Waals surface area contributed by atoms with Crippen molar-refractivity contribution in [2.24, 2.45) is 0 Å². The minimum Gasteiger partial charge on any atom is -0.338 e. The Kier molecular flexibility index (Phi) is 4.70. The summed E-state index contributed by atoms with van der Waals surface area (Å²) in [7, 11) is 0. The molecule has 3 rings (SSSR count). The molecule has 2 unspecified atom stereocenters. The van der Waals surface area contributed by atoms with Gasteiger partial charge in [-0.05, 0) is 48.6 Å². The largest absolute Gasteiger partial charge is 0.338 e. The van der Waals surface area contributed by atoms with Crippen LogP contribution >= 0.6 is 0 Å². The molecule has 1 aromatic carbocycles. The van der Waals surface area contributed by atoms with E-state index in [2.05, 4.69) is 15.6 Å². The second kappa shape index (κ2) is 6.78. The Morgan fingerprint density at radius 2 is 2.16 bits per heavy atom. The number of nitrogens with one attached hydrogen (secondary N) is 2. The summed E-state index contributed by atoms with van der Waals surface area (Å²) in [5.74, 6) is -1.17. The number of carbonyl (C=O) groups is 1. The van der Waals surface area contributed by atoms with E-state index in [0.29, 0.717) is 18.5 Å². The molecule has 2 atom stereocenters. The number of pyridine rings is 1. The van der Waals surface area contributed by atoms with Crippen LogP contribution in [0.3, 0.4) is 0 Å². The second-order valence-corrected chi connectivity index (χ2v) is 6.75. The first-order valence-electron chi connectivity index (χ1n) is 8.29. The van der Waals surface area contributed by atoms with Crippen molar-refractivity contribution in [1.29, 1.82) is 0 Å². The molecular weight excluding hydrogens is 324 g/mol. The summed E-state index contributed by atoms with van der Waals surface area (Å²) in [5, 5.41) is 5.68. The molecule has 2 aromatic rings. The molecule has 1 fully saturated rings. The number of hydrogen-bond donors (Lipinski definition) is 2. The van der Waals surface area contributed by atoms with Gasteiger partial charge < -0.3 is 10.6 Å². The van der Waals surface area contributed by atoms with Crippen LogP contribution in [0, 0.1) is 18.6 Å². The molecular formula is C19H21F2N3O. The Morgan fingerprint density at radius 1 is 1.36 bits per heavy atom. The van der Waals surface area contributed by atoms with Crippen molar-refractivity contribution in [3.8, 4) is 0 Å². The van der Waals surface area contributed by atoms with E-state index in [4.69, 9.17) is 0 Å². The Morgan fingerprint density at radius 3 is 2.88 bits per heavy atom. The van der Waals surface area contributed by atoms with Crippen molar-refractivity contribution in [3.05, 3.63) is 65.0 Å². The first kappa shape index (κ1) is 17.3. The maximum Gasteiger partial charge on any atom is 0.315 e. The number of urea groups is 1. The van der Waals surface area contributed by atoms with Crippen LogP contribution in [-0.4, -0.2) is 23.6 Å². The predicted molar refractivity (Wildman–Crippen MR) is 91.3 cm³/mol. The minimum absolute atomic E-state index is 0.157. The van der Waals surface area contributed by atoms with Gasteiger partial charge in [0.05, 0.1) is 0 Å². The second-order valence-electron chi connectivity index (χ2n) is 6.75. The van der Waals surface area contributed by atoms with E-state index >= 15 is 0 Å². The molecule has 1 saturated carbocycles. The Bertz CT molecular complexity index is 796. The van der Waals surface area contributed by atoms with Crippen molar-refractivity contribution in [2.45, 2.75) is 38.1 Å². The number of aromatic nitrogens is 1. The van der Waals surface area contributed by atoms with E-state index in [-0.39, 0.29) is 12.1 Å². The Labute approximate surface area is 145 Å². The number of amides is 2. The smallest absolute Gasteiger partial charge is 0.315 e. The molecule has 1 aliphatic rings. The lowest BCUT2D eigenvalue weighted by Gasteiger charge is -2.14. The highest BCUT2D eigenvalue weighted by molar-refractivity contribution is 5.75. The molecule has 132 valence electrons. The molecule has 6 heteroatoms. The Hall–Kier alpha value is -2.50. The lowest BCUT2D eigenvalue weighted by Crippen LogP contribution is -2.40. The summed E-state index contributed by atoms with van der Waals surface area (Å²) in [6, 6.07) is 5.09. The van der Waals surface area contributed by atoms with Crippen LogP contribution in [0.5, 0.6) is 0 Å². The van der Waals surface area contributed by atoms with E-state index in [1.807, 2.05) is 19.9 Å². The first-order chi connectivity index (χ1) is 11.9. The lowest BCUT2D eigenvalue weighted by atomic mass is 9.97. The summed E-state index contributed by atoms with van der Waals surface area (Å²) in [6.45, 7) is 4.36. The van der Waals surface area contributed by atoms with Gasteiger partial charge in [-0.15, -0.1) is 0 Å². The molecule has 2 amide bonds. The lowest BCUT2D eigenvalue weighted by molar-refractivity contribution is 0.240. The van der Waals surface area contributed by atoms with Crippen molar-refractivity contribution in [2.75, 3.05) is 6.54 Å². The molecule has 2 N–H and O–H groups in total. The topological polar surface area (TPSA) is 54.0 Å². The number of nitrogens with zero attached hydrogens (tertiary/aromatic N) is 1. The summed E-state index contributed by atoms with van der Waals surface area (Å²) in [5.41, 5.74) is 2.18. The molecule has 1 aliphatic carbocycles. The van der Waals surface area contributed by atoms with Crippen LogP contribution in [0.1, 0.15) is 30.0 Å².